The first-order chi connectivity index (χ1) is 10.6. The van der Waals surface area contributed by atoms with Crippen molar-refractivity contribution in [3.05, 3.63) is 28.7 Å². The molecule has 1 atom stereocenters. The average molecular weight is 385 g/mol. The van der Waals surface area contributed by atoms with E-state index in [2.05, 4.69) is 26.6 Å². The minimum atomic E-state index is -0.676. The first-order valence-electron chi connectivity index (χ1n) is 7.63. The van der Waals surface area contributed by atoms with Gasteiger partial charge in [0.25, 0.3) is 0 Å². The number of halogens is 1. The van der Waals surface area contributed by atoms with Gasteiger partial charge in [-0.15, -0.1) is 0 Å². The molecule has 0 fully saturated rings. The third-order valence-electron chi connectivity index (χ3n) is 2.81. The second-order valence-electron chi connectivity index (χ2n) is 6.82. The molecule has 0 aliphatic carbocycles. The van der Waals surface area contributed by atoms with Crippen LogP contribution in [-0.2, 0) is 9.53 Å². The van der Waals surface area contributed by atoms with E-state index in [4.69, 9.17) is 4.74 Å². The Bertz CT molecular complexity index is 536. The predicted octanol–water partition coefficient (Wildman–Crippen LogP) is 4.33. The highest BCUT2D eigenvalue weighted by atomic mass is 79.9. The monoisotopic (exact) mass is 384 g/mol. The van der Waals surface area contributed by atoms with Crippen molar-refractivity contribution in [2.24, 2.45) is 5.92 Å². The van der Waals surface area contributed by atoms with Crippen LogP contribution in [0.15, 0.2) is 28.7 Å². The largest absolute Gasteiger partial charge is 0.458 e. The molecule has 2 amide bonds. The molecule has 6 heteroatoms. The number of hydrogen-bond acceptors (Lipinski definition) is 3. The molecular formula is C17H25BrN2O3. The number of rotatable bonds is 5. The van der Waals surface area contributed by atoms with Crippen molar-refractivity contribution >= 4 is 33.6 Å². The topological polar surface area (TPSA) is 67.4 Å². The Balaban J connectivity index is 2.70. The van der Waals surface area contributed by atoms with Crippen molar-refractivity contribution < 1.29 is 14.3 Å². The van der Waals surface area contributed by atoms with Crippen molar-refractivity contribution in [3.63, 3.8) is 0 Å². The maximum absolute atomic E-state index is 12.3. The number of anilines is 1. The molecule has 0 spiro atoms. The Hall–Kier alpha value is -1.56. The Morgan fingerprint density at radius 2 is 1.74 bits per heavy atom. The summed E-state index contributed by atoms with van der Waals surface area (Å²) in [6.07, 6.45) is 0.517. The van der Waals surface area contributed by atoms with Crippen LogP contribution in [0.5, 0.6) is 0 Å². The van der Waals surface area contributed by atoms with Gasteiger partial charge in [-0.05, 0) is 57.4 Å². The van der Waals surface area contributed by atoms with Crippen LogP contribution in [0.2, 0.25) is 0 Å². The van der Waals surface area contributed by atoms with Gasteiger partial charge in [-0.3, -0.25) is 0 Å². The van der Waals surface area contributed by atoms with Crippen LogP contribution >= 0.6 is 15.9 Å². The predicted molar refractivity (Wildman–Crippen MR) is 95.4 cm³/mol. The Labute approximate surface area is 146 Å². The van der Waals surface area contributed by atoms with E-state index in [9.17, 15) is 9.59 Å². The number of hydrogen-bond donors (Lipinski definition) is 2. The fraction of sp³-hybridized carbons (Fsp3) is 0.529. The zero-order valence-electron chi connectivity index (χ0n) is 14.3. The first kappa shape index (κ1) is 19.5. The van der Waals surface area contributed by atoms with Crippen LogP contribution in [0.3, 0.4) is 0 Å². The SMILES string of the molecule is CC(C)CC(NC(=O)Nc1ccc(Br)cc1)C(=O)OC(C)(C)C. The van der Waals surface area contributed by atoms with Crippen molar-refractivity contribution in [1.82, 2.24) is 5.32 Å². The molecule has 5 nitrogen and oxygen atoms in total. The number of ether oxygens (including phenoxy) is 1. The maximum Gasteiger partial charge on any atom is 0.329 e. The summed E-state index contributed by atoms with van der Waals surface area (Å²) in [6.45, 7) is 9.40. The molecule has 0 aliphatic rings. The summed E-state index contributed by atoms with van der Waals surface area (Å²) in [7, 11) is 0. The number of urea groups is 1. The molecule has 128 valence electrons. The highest BCUT2D eigenvalue weighted by molar-refractivity contribution is 9.10. The normalized spacial score (nSPS) is 12.7. The lowest BCUT2D eigenvalue weighted by Gasteiger charge is -2.25. The fourth-order valence-electron chi connectivity index (χ4n) is 1.92. The maximum atomic E-state index is 12.3. The Morgan fingerprint density at radius 3 is 2.22 bits per heavy atom. The summed E-state index contributed by atoms with van der Waals surface area (Å²) in [4.78, 5) is 24.4. The Kier molecular flexibility index (Phi) is 7.06. The number of carbonyl (C=O) groups is 2. The van der Waals surface area contributed by atoms with E-state index < -0.39 is 23.6 Å². The summed E-state index contributed by atoms with van der Waals surface area (Å²) in [5, 5.41) is 5.41. The molecule has 1 rings (SSSR count). The summed E-state index contributed by atoms with van der Waals surface area (Å²) in [5.41, 5.74) is 0.0640. The van der Waals surface area contributed by atoms with Gasteiger partial charge in [0.1, 0.15) is 11.6 Å². The highest BCUT2D eigenvalue weighted by Crippen LogP contribution is 2.15. The van der Waals surface area contributed by atoms with E-state index in [0.717, 1.165) is 4.47 Å². The van der Waals surface area contributed by atoms with Crippen LogP contribution in [0, 0.1) is 5.92 Å². The van der Waals surface area contributed by atoms with Gasteiger partial charge in [0.15, 0.2) is 0 Å². The standard InChI is InChI=1S/C17H25BrN2O3/c1-11(2)10-14(15(21)23-17(3,4)5)20-16(22)19-13-8-6-12(18)7-9-13/h6-9,11,14H,10H2,1-5H3,(H2,19,20,22). The molecule has 1 aromatic carbocycles. The van der Waals surface area contributed by atoms with Crippen LogP contribution in [-0.4, -0.2) is 23.6 Å². The molecule has 0 saturated carbocycles. The second-order valence-corrected chi connectivity index (χ2v) is 7.74. The summed E-state index contributed by atoms with van der Waals surface area (Å²) < 4.78 is 6.31. The third kappa shape index (κ3) is 8.02. The molecule has 1 aromatic rings. The molecule has 0 saturated heterocycles. The minimum absolute atomic E-state index is 0.250. The van der Waals surface area contributed by atoms with Gasteiger partial charge in [-0.1, -0.05) is 29.8 Å². The van der Waals surface area contributed by atoms with Crippen molar-refractivity contribution in [1.29, 1.82) is 0 Å². The molecular weight excluding hydrogens is 360 g/mol. The lowest BCUT2D eigenvalue weighted by atomic mass is 10.0. The van der Waals surface area contributed by atoms with Crippen molar-refractivity contribution in [3.8, 4) is 0 Å². The lowest BCUT2D eigenvalue weighted by Crippen LogP contribution is -2.46. The number of nitrogens with one attached hydrogen (secondary N) is 2. The van der Waals surface area contributed by atoms with Gasteiger partial charge in [0.05, 0.1) is 0 Å². The molecule has 0 bridgehead atoms. The quantitative estimate of drug-likeness (QED) is 0.742. The third-order valence-corrected chi connectivity index (χ3v) is 3.33. The molecule has 0 aliphatic heterocycles. The van der Waals surface area contributed by atoms with Crippen LogP contribution in [0.4, 0.5) is 10.5 Å². The number of carbonyl (C=O) groups excluding carboxylic acids is 2. The Morgan fingerprint density at radius 1 is 1.17 bits per heavy atom. The van der Waals surface area contributed by atoms with E-state index in [0.29, 0.717) is 12.1 Å². The molecule has 1 unspecified atom stereocenters. The van der Waals surface area contributed by atoms with E-state index >= 15 is 0 Å². The highest BCUT2D eigenvalue weighted by Gasteiger charge is 2.27. The van der Waals surface area contributed by atoms with E-state index in [1.54, 1.807) is 32.9 Å². The second kappa shape index (κ2) is 8.34. The molecule has 23 heavy (non-hydrogen) atoms. The first-order valence-corrected chi connectivity index (χ1v) is 8.42. The zero-order valence-corrected chi connectivity index (χ0v) is 15.9. The number of benzene rings is 1. The number of esters is 1. The van der Waals surface area contributed by atoms with E-state index in [-0.39, 0.29) is 5.92 Å². The van der Waals surface area contributed by atoms with Gasteiger partial charge in [-0.2, -0.15) is 0 Å². The average Bonchev–Trinajstić information content (AvgIpc) is 2.38. The summed E-state index contributed by atoms with van der Waals surface area (Å²) in [6, 6.07) is 6.10. The van der Waals surface area contributed by atoms with Crippen LogP contribution in [0.25, 0.3) is 0 Å². The molecule has 0 radical (unpaired) electrons. The van der Waals surface area contributed by atoms with Crippen molar-refractivity contribution in [2.75, 3.05) is 5.32 Å². The van der Waals surface area contributed by atoms with Gasteiger partial charge in [0.2, 0.25) is 0 Å². The zero-order chi connectivity index (χ0) is 17.6. The molecule has 0 aromatic heterocycles. The molecule has 2 N–H and O–H groups in total. The van der Waals surface area contributed by atoms with Gasteiger partial charge >= 0.3 is 12.0 Å². The van der Waals surface area contributed by atoms with E-state index in [1.807, 2.05) is 26.0 Å². The van der Waals surface area contributed by atoms with Crippen molar-refractivity contribution in [2.45, 2.75) is 52.7 Å². The van der Waals surface area contributed by atoms with Gasteiger partial charge in [0, 0.05) is 10.2 Å². The van der Waals surface area contributed by atoms with E-state index in [1.165, 1.54) is 0 Å². The molecule has 0 heterocycles. The summed E-state index contributed by atoms with van der Waals surface area (Å²) >= 11 is 3.34. The van der Waals surface area contributed by atoms with Gasteiger partial charge in [-0.25, -0.2) is 9.59 Å². The van der Waals surface area contributed by atoms with Crippen LogP contribution in [0.1, 0.15) is 41.0 Å². The lowest BCUT2D eigenvalue weighted by molar-refractivity contribution is -0.157. The summed E-state index contributed by atoms with van der Waals surface area (Å²) in [5.74, 6) is -0.169. The number of amides is 2. The minimum Gasteiger partial charge on any atom is -0.458 e. The fourth-order valence-corrected chi connectivity index (χ4v) is 2.18. The van der Waals surface area contributed by atoms with Gasteiger partial charge < -0.3 is 15.4 Å². The van der Waals surface area contributed by atoms with Crippen LogP contribution < -0.4 is 10.6 Å². The smallest absolute Gasteiger partial charge is 0.329 e.